The summed E-state index contributed by atoms with van der Waals surface area (Å²) in [6.07, 6.45) is -2.72. The predicted molar refractivity (Wildman–Crippen MR) is 88.4 cm³/mol. The van der Waals surface area contributed by atoms with Crippen LogP contribution in [0.3, 0.4) is 0 Å². The van der Waals surface area contributed by atoms with E-state index in [1.54, 1.807) is 0 Å². The van der Waals surface area contributed by atoms with E-state index < -0.39 is 47.5 Å². The second-order valence-corrected chi connectivity index (χ2v) is 5.87. The average Bonchev–Trinajstić information content (AvgIpc) is 2.83. The zero-order valence-electron chi connectivity index (χ0n) is 14.9. The molecule has 13 nitrogen and oxygen atoms in total. The fraction of sp³-hybridized carbons (Fsp3) is 0.615. The molecule has 27 heavy (non-hydrogen) atoms. The molecule has 6 amide bonds. The van der Waals surface area contributed by atoms with Crippen LogP contribution in [0.1, 0.15) is 20.3 Å². The minimum Gasteiger partial charge on any atom is -0.550 e. The van der Waals surface area contributed by atoms with Gasteiger partial charge in [-0.1, -0.05) is 13.8 Å². The molecule has 1 rings (SSSR count). The van der Waals surface area contributed by atoms with Gasteiger partial charge in [-0.25, -0.2) is 9.59 Å². The van der Waals surface area contributed by atoms with E-state index in [9.17, 15) is 34.2 Å². The smallest absolute Gasteiger partial charge is 0.550 e. The van der Waals surface area contributed by atoms with Crippen LogP contribution in [0, 0.1) is 5.41 Å². The Morgan fingerprint density at radius 3 is 2.26 bits per heavy atom. The van der Waals surface area contributed by atoms with E-state index >= 15 is 0 Å². The fourth-order valence-electron chi connectivity index (χ4n) is 1.49. The first-order chi connectivity index (χ1) is 11.9. The molecule has 1 aliphatic rings. The summed E-state index contributed by atoms with van der Waals surface area (Å²) in [5.41, 5.74) is 3.75. The molecule has 2 atom stereocenters. The number of carbonyl (C=O) groups excluding carboxylic acids is 5. The van der Waals surface area contributed by atoms with Gasteiger partial charge < -0.3 is 41.8 Å². The van der Waals surface area contributed by atoms with Crippen LogP contribution >= 0.6 is 0 Å². The van der Waals surface area contributed by atoms with Crippen molar-refractivity contribution < 1.29 is 39.3 Å². The maximum Gasteiger partial charge on any atom is 2.00 e. The van der Waals surface area contributed by atoms with Crippen molar-refractivity contribution >= 4 is 67.6 Å². The number of imide groups is 1. The first kappa shape index (κ1) is 27.5. The normalized spacial score (nSPS) is 16.5. The topological polar surface area (TPSA) is 223 Å². The molecule has 8 N–H and O–H groups in total. The number of hydrogen-bond donors (Lipinski definition) is 7. The number of nitrogens with two attached hydrogens (primary N) is 1. The zero-order chi connectivity index (χ0) is 20.5. The molecular formula is C13H22CaN5O8+. The minimum atomic E-state index is -1.37. The summed E-state index contributed by atoms with van der Waals surface area (Å²) in [7, 11) is 0. The Hall–Kier alpha value is -1.67. The number of urea groups is 2. The van der Waals surface area contributed by atoms with Crippen molar-refractivity contribution in [2.45, 2.75) is 32.5 Å². The van der Waals surface area contributed by atoms with Gasteiger partial charge in [-0.15, -0.1) is 0 Å². The Labute approximate surface area is 184 Å². The van der Waals surface area contributed by atoms with E-state index in [0.717, 1.165) is 0 Å². The molecule has 1 unspecified atom stereocenters. The Morgan fingerprint density at radius 1 is 1.33 bits per heavy atom. The predicted octanol–water partition coefficient (Wildman–Crippen LogP) is -4.94. The minimum absolute atomic E-state index is 0. The number of carboxylic acid groups (broad SMARTS) is 1. The third-order valence-electron chi connectivity index (χ3n) is 3.09. The van der Waals surface area contributed by atoms with Crippen molar-refractivity contribution in [3.63, 3.8) is 0 Å². The monoisotopic (exact) mass is 416 g/mol. The number of aliphatic hydroxyl groups is 2. The third-order valence-corrected chi connectivity index (χ3v) is 3.09. The summed E-state index contributed by atoms with van der Waals surface area (Å²) < 4.78 is 0. The summed E-state index contributed by atoms with van der Waals surface area (Å²) >= 11 is 0. The second kappa shape index (κ2) is 12.7. The first-order valence-corrected chi connectivity index (χ1v) is 7.34. The van der Waals surface area contributed by atoms with E-state index in [2.05, 4.69) is 10.6 Å². The van der Waals surface area contributed by atoms with Gasteiger partial charge in [0, 0.05) is 24.3 Å². The summed E-state index contributed by atoms with van der Waals surface area (Å²) in [6.45, 7) is 2.60. The van der Waals surface area contributed by atoms with Gasteiger partial charge in [0.2, 0.25) is 5.91 Å². The Bertz CT molecular complexity index is 571. The van der Waals surface area contributed by atoms with Crippen LogP contribution in [-0.4, -0.2) is 103 Å². The fourth-order valence-corrected chi connectivity index (χ4v) is 1.49. The van der Waals surface area contributed by atoms with Crippen LogP contribution < -0.4 is 32.1 Å². The van der Waals surface area contributed by atoms with Crippen molar-refractivity contribution in [3.05, 3.63) is 0 Å². The molecule has 0 aromatic rings. The molecule has 148 valence electrons. The second-order valence-electron chi connectivity index (χ2n) is 5.87. The number of hydrogen-bond acceptors (Lipinski definition) is 8. The molecule has 0 aromatic carbocycles. The number of aliphatic carboxylic acids is 1. The SMILES string of the molecule is CC(C)(CO)[C@H](O)C(=O)NCCC(=O)[O-].NC(=O)NC1NC(=O)NC1=O.[Ca+2]. The van der Waals surface area contributed by atoms with Crippen molar-refractivity contribution in [1.29, 1.82) is 0 Å². The number of aliphatic hydroxyl groups excluding tert-OH is 2. The molecule has 0 spiro atoms. The van der Waals surface area contributed by atoms with Gasteiger partial charge in [0.1, 0.15) is 6.10 Å². The van der Waals surface area contributed by atoms with Gasteiger partial charge >= 0.3 is 49.8 Å². The zero-order valence-corrected chi connectivity index (χ0v) is 17.1. The number of nitrogens with one attached hydrogen (secondary N) is 4. The van der Waals surface area contributed by atoms with E-state index in [0.29, 0.717) is 0 Å². The van der Waals surface area contributed by atoms with Gasteiger partial charge in [-0.05, 0) is 0 Å². The molecule has 0 bridgehead atoms. The average molecular weight is 416 g/mol. The van der Waals surface area contributed by atoms with Gasteiger partial charge in [0.15, 0.2) is 6.17 Å². The van der Waals surface area contributed by atoms with Crippen LogP contribution in [0.5, 0.6) is 0 Å². The van der Waals surface area contributed by atoms with Crippen molar-refractivity contribution in [2.75, 3.05) is 13.2 Å². The molecule has 0 radical (unpaired) electrons. The van der Waals surface area contributed by atoms with Crippen molar-refractivity contribution in [3.8, 4) is 0 Å². The van der Waals surface area contributed by atoms with Crippen LogP contribution in [-0.2, 0) is 14.4 Å². The molecule has 1 aliphatic heterocycles. The molecular weight excluding hydrogens is 394 g/mol. The largest absolute Gasteiger partial charge is 2.00 e. The number of primary amides is 1. The Balaban J connectivity index is 0. The summed E-state index contributed by atoms with van der Waals surface area (Å²) in [6, 6.07) is -1.51. The maximum atomic E-state index is 11.2. The van der Waals surface area contributed by atoms with Gasteiger partial charge in [0.05, 0.1) is 6.61 Å². The van der Waals surface area contributed by atoms with Crippen LogP contribution in [0.4, 0.5) is 9.59 Å². The molecule has 1 saturated heterocycles. The van der Waals surface area contributed by atoms with Gasteiger partial charge in [-0.3, -0.25) is 14.9 Å². The molecule has 14 heteroatoms. The first-order valence-electron chi connectivity index (χ1n) is 7.34. The number of carbonyl (C=O) groups is 5. The maximum absolute atomic E-state index is 11.2. The molecule has 0 saturated carbocycles. The Kier molecular flexibility index (Phi) is 12.9. The molecule has 1 heterocycles. The summed E-state index contributed by atoms with van der Waals surface area (Å²) in [5.74, 6) is -2.59. The molecule has 0 aromatic heterocycles. The number of amides is 6. The molecule has 0 aliphatic carbocycles. The molecule has 1 fully saturated rings. The number of carboxylic acids is 1. The van der Waals surface area contributed by atoms with Crippen LogP contribution in [0.2, 0.25) is 0 Å². The van der Waals surface area contributed by atoms with Crippen LogP contribution in [0.15, 0.2) is 0 Å². The summed E-state index contributed by atoms with van der Waals surface area (Å²) in [5, 5.41) is 36.7. The van der Waals surface area contributed by atoms with Gasteiger partial charge in [0.25, 0.3) is 5.91 Å². The summed E-state index contributed by atoms with van der Waals surface area (Å²) in [4.78, 5) is 52.5. The van der Waals surface area contributed by atoms with Crippen LogP contribution in [0.25, 0.3) is 0 Å². The van der Waals surface area contributed by atoms with Crippen molar-refractivity contribution in [1.82, 2.24) is 21.3 Å². The third kappa shape index (κ3) is 10.9. The van der Waals surface area contributed by atoms with Gasteiger partial charge in [-0.2, -0.15) is 0 Å². The van der Waals surface area contributed by atoms with E-state index in [1.165, 1.54) is 13.8 Å². The Morgan fingerprint density at radius 2 is 1.89 bits per heavy atom. The van der Waals surface area contributed by atoms with E-state index in [1.807, 2.05) is 10.6 Å². The van der Waals surface area contributed by atoms with E-state index in [4.69, 9.17) is 10.8 Å². The standard InChI is InChI=1S/C9H17NO5.C4H6N4O3.Ca/c1-9(2,5-11)7(14)8(15)10-4-3-6(12)13;5-3(10)6-1-2(9)8-4(11)7-1;/h7,11,14H,3-5H2,1-2H3,(H,10,15)(H,12,13);1H,(H3,5,6,10)(H2,7,8,9,11);/q;;+2/p-1/t7-;;/m1../s1. The quantitative estimate of drug-likeness (QED) is 0.157. The van der Waals surface area contributed by atoms with E-state index in [-0.39, 0.29) is 57.3 Å². The number of rotatable bonds is 7. The van der Waals surface area contributed by atoms with Crippen molar-refractivity contribution in [2.24, 2.45) is 11.1 Å².